The number of hydrogen-bond donors (Lipinski definition) is 1. The van der Waals surface area contributed by atoms with Crippen molar-refractivity contribution >= 4 is 39.1 Å². The van der Waals surface area contributed by atoms with E-state index in [0.29, 0.717) is 18.0 Å². The maximum Gasteiger partial charge on any atom is 0.244 e. The minimum atomic E-state index is -3.90. The molecule has 1 atom stereocenters. The predicted molar refractivity (Wildman–Crippen MR) is 144 cm³/mol. The Hall–Kier alpha value is -2.78. The zero-order valence-corrected chi connectivity index (χ0v) is 23.2. The summed E-state index contributed by atoms with van der Waals surface area (Å²) in [7, 11) is -2.49. The average molecular weight is 538 g/mol. The van der Waals surface area contributed by atoms with E-state index in [1.54, 1.807) is 12.1 Å². The quantitative estimate of drug-likeness (QED) is 0.387. The van der Waals surface area contributed by atoms with Crippen molar-refractivity contribution < 1.29 is 22.7 Å². The lowest BCUT2D eigenvalue weighted by Gasteiger charge is -2.33. The summed E-state index contributed by atoms with van der Waals surface area (Å²) in [5.41, 5.74) is 2.01. The van der Waals surface area contributed by atoms with Gasteiger partial charge in [-0.2, -0.15) is 0 Å². The fourth-order valence-electron chi connectivity index (χ4n) is 3.89. The molecule has 2 amide bonds. The van der Waals surface area contributed by atoms with Crippen LogP contribution in [0.15, 0.2) is 42.5 Å². The molecule has 8 nitrogen and oxygen atoms in total. The first-order valence-corrected chi connectivity index (χ1v) is 14.2. The van der Waals surface area contributed by atoms with Crippen molar-refractivity contribution in [2.75, 3.05) is 30.8 Å². The van der Waals surface area contributed by atoms with Crippen LogP contribution >= 0.6 is 11.6 Å². The number of nitrogens with one attached hydrogen (secondary N) is 1. The van der Waals surface area contributed by atoms with Gasteiger partial charge in [0.05, 0.1) is 19.1 Å². The van der Waals surface area contributed by atoms with Crippen LogP contribution in [0.1, 0.15) is 44.2 Å². The number of rotatable bonds is 13. The summed E-state index contributed by atoms with van der Waals surface area (Å²) in [5.74, 6) is -0.521. The third kappa shape index (κ3) is 8.13. The third-order valence-electron chi connectivity index (χ3n) is 5.74. The van der Waals surface area contributed by atoms with Gasteiger partial charge in [-0.1, -0.05) is 61.7 Å². The smallest absolute Gasteiger partial charge is 0.244 e. The van der Waals surface area contributed by atoms with Crippen LogP contribution in [0.5, 0.6) is 5.75 Å². The van der Waals surface area contributed by atoms with E-state index in [1.807, 2.05) is 45.0 Å². The van der Waals surface area contributed by atoms with Crippen molar-refractivity contribution in [3.05, 3.63) is 58.6 Å². The fraction of sp³-hybridized carbons (Fsp3) is 0.462. The maximum atomic E-state index is 13.7. The number of sulfonamides is 1. The molecule has 0 heterocycles. The summed E-state index contributed by atoms with van der Waals surface area (Å²) in [4.78, 5) is 28.3. The highest BCUT2D eigenvalue weighted by Crippen LogP contribution is 2.33. The second kappa shape index (κ2) is 13.5. The molecule has 2 aromatic rings. The van der Waals surface area contributed by atoms with Crippen molar-refractivity contribution in [3.8, 4) is 5.75 Å². The monoisotopic (exact) mass is 537 g/mol. The molecule has 0 aliphatic heterocycles. The van der Waals surface area contributed by atoms with Gasteiger partial charge >= 0.3 is 0 Å². The number of carbonyl (C=O) groups excluding carboxylic acids is 2. The molecule has 0 unspecified atom stereocenters. The molecule has 0 radical (unpaired) electrons. The number of benzene rings is 2. The summed E-state index contributed by atoms with van der Waals surface area (Å²) in [6, 6.07) is 11.4. The lowest BCUT2D eigenvalue weighted by atomic mass is 10.1. The van der Waals surface area contributed by atoms with Gasteiger partial charge in [-0.3, -0.25) is 13.9 Å². The molecule has 36 heavy (non-hydrogen) atoms. The minimum Gasteiger partial charge on any atom is -0.495 e. The highest BCUT2D eigenvalue weighted by molar-refractivity contribution is 7.92. The van der Waals surface area contributed by atoms with Crippen LogP contribution < -0.4 is 14.4 Å². The van der Waals surface area contributed by atoms with Crippen LogP contribution in [0.4, 0.5) is 5.69 Å². The molecule has 1 N–H and O–H groups in total. The molecule has 0 aliphatic rings. The van der Waals surface area contributed by atoms with E-state index in [9.17, 15) is 18.0 Å². The van der Waals surface area contributed by atoms with Crippen LogP contribution in [-0.2, 0) is 26.2 Å². The normalized spacial score (nSPS) is 12.1. The van der Waals surface area contributed by atoms with Gasteiger partial charge in [-0.15, -0.1) is 0 Å². The van der Waals surface area contributed by atoms with E-state index < -0.39 is 28.5 Å². The van der Waals surface area contributed by atoms with Crippen LogP contribution in [0, 0.1) is 6.92 Å². The molecule has 0 saturated carbocycles. The number of amides is 2. The molecule has 0 aromatic heterocycles. The zero-order chi connectivity index (χ0) is 26.9. The van der Waals surface area contributed by atoms with Crippen LogP contribution in [-0.4, -0.2) is 57.6 Å². The molecule has 2 aromatic carbocycles. The Bertz CT molecular complexity index is 1160. The van der Waals surface area contributed by atoms with Crippen LogP contribution in [0.2, 0.25) is 5.02 Å². The molecule has 0 aliphatic carbocycles. The predicted octanol–water partition coefficient (Wildman–Crippen LogP) is 4.15. The lowest BCUT2D eigenvalue weighted by Crippen LogP contribution is -2.52. The van der Waals surface area contributed by atoms with Gasteiger partial charge in [0.1, 0.15) is 18.3 Å². The van der Waals surface area contributed by atoms with E-state index in [1.165, 1.54) is 18.1 Å². The largest absolute Gasteiger partial charge is 0.495 e. The first-order valence-electron chi connectivity index (χ1n) is 12.0. The number of anilines is 1. The van der Waals surface area contributed by atoms with Gasteiger partial charge < -0.3 is 15.0 Å². The first-order chi connectivity index (χ1) is 17.0. The Morgan fingerprint density at radius 2 is 1.86 bits per heavy atom. The fourth-order valence-corrected chi connectivity index (χ4v) is 4.90. The van der Waals surface area contributed by atoms with Gasteiger partial charge in [0.15, 0.2) is 0 Å². The Balaban J connectivity index is 2.47. The van der Waals surface area contributed by atoms with E-state index >= 15 is 0 Å². The third-order valence-corrected chi connectivity index (χ3v) is 7.10. The topological polar surface area (TPSA) is 96.0 Å². The van der Waals surface area contributed by atoms with Crippen molar-refractivity contribution in [2.24, 2.45) is 0 Å². The summed E-state index contributed by atoms with van der Waals surface area (Å²) in [5, 5.41) is 3.20. The van der Waals surface area contributed by atoms with Crippen molar-refractivity contribution in [1.29, 1.82) is 0 Å². The standard InChI is InChI=1S/C26H36ClN3O5S/c1-6-8-14-28-26(32)22(7-2)29(17-20-11-9-10-19(3)15-20)25(31)18-30(36(5,33)34)23-16-21(27)12-13-24(23)35-4/h9-13,15-16,22H,6-8,14,17-18H2,1-5H3,(H,28,32)/t22-/m0/s1. The number of ether oxygens (including phenoxy) is 1. The second-order valence-corrected chi connectivity index (χ2v) is 11.0. The van der Waals surface area contributed by atoms with Crippen molar-refractivity contribution in [3.63, 3.8) is 0 Å². The summed E-state index contributed by atoms with van der Waals surface area (Å²) in [6.45, 7) is 5.95. The van der Waals surface area contributed by atoms with Crippen LogP contribution in [0.3, 0.4) is 0 Å². The number of nitrogens with zero attached hydrogens (tertiary/aromatic N) is 2. The van der Waals surface area contributed by atoms with Gasteiger partial charge in [0, 0.05) is 18.1 Å². The molecule has 2 rings (SSSR count). The molecule has 0 spiro atoms. The summed E-state index contributed by atoms with van der Waals surface area (Å²) < 4.78 is 31.9. The average Bonchev–Trinajstić information content (AvgIpc) is 2.81. The summed E-state index contributed by atoms with van der Waals surface area (Å²) in [6.07, 6.45) is 3.13. The molecule has 0 fully saturated rings. The number of methoxy groups -OCH3 is 1. The molecular weight excluding hydrogens is 502 g/mol. The SMILES string of the molecule is CCCCNC(=O)[C@H](CC)N(Cc1cccc(C)c1)C(=O)CN(c1cc(Cl)ccc1OC)S(C)(=O)=O. The van der Waals surface area contributed by atoms with Gasteiger partial charge in [-0.05, 0) is 43.5 Å². The molecular formula is C26H36ClN3O5S. The Labute approximate surface area is 219 Å². The van der Waals surface area contributed by atoms with Gasteiger partial charge in [0.25, 0.3) is 0 Å². The van der Waals surface area contributed by atoms with Crippen molar-refractivity contribution in [2.45, 2.75) is 52.6 Å². The molecule has 198 valence electrons. The Morgan fingerprint density at radius 3 is 2.44 bits per heavy atom. The number of halogens is 1. The van der Waals surface area contributed by atoms with E-state index in [2.05, 4.69) is 5.32 Å². The first kappa shape index (κ1) is 29.5. The molecule has 0 bridgehead atoms. The van der Waals surface area contributed by atoms with Gasteiger partial charge in [0.2, 0.25) is 21.8 Å². The van der Waals surface area contributed by atoms with E-state index in [-0.39, 0.29) is 23.9 Å². The minimum absolute atomic E-state index is 0.150. The van der Waals surface area contributed by atoms with Gasteiger partial charge in [-0.25, -0.2) is 8.42 Å². The Morgan fingerprint density at radius 1 is 1.14 bits per heavy atom. The van der Waals surface area contributed by atoms with E-state index in [0.717, 1.165) is 34.5 Å². The van der Waals surface area contributed by atoms with Crippen molar-refractivity contribution in [1.82, 2.24) is 10.2 Å². The summed E-state index contributed by atoms with van der Waals surface area (Å²) >= 11 is 6.14. The zero-order valence-electron chi connectivity index (χ0n) is 21.6. The second-order valence-electron chi connectivity index (χ2n) is 8.67. The van der Waals surface area contributed by atoms with E-state index in [4.69, 9.17) is 16.3 Å². The lowest BCUT2D eigenvalue weighted by molar-refractivity contribution is -0.140. The maximum absolute atomic E-state index is 13.7. The Kier molecular flexibility index (Phi) is 11.0. The molecule has 0 saturated heterocycles. The number of carbonyl (C=O) groups is 2. The molecule has 10 heteroatoms. The highest BCUT2D eigenvalue weighted by atomic mass is 35.5. The number of unbranched alkanes of at least 4 members (excludes halogenated alkanes) is 1. The number of hydrogen-bond acceptors (Lipinski definition) is 5. The highest BCUT2D eigenvalue weighted by Gasteiger charge is 2.32. The van der Waals surface area contributed by atoms with Crippen LogP contribution in [0.25, 0.3) is 0 Å². The number of aryl methyl sites for hydroxylation is 1.